The largest absolute Gasteiger partial charge is 0.600 e. The van der Waals surface area contributed by atoms with Gasteiger partial charge in [0.1, 0.15) is 0 Å². The van der Waals surface area contributed by atoms with Crippen LogP contribution in [0.4, 0.5) is 13.2 Å². The SMILES string of the molecule is CCCCc1cc2ccc(CCC)cc2[s+]1C(F)(F)F.Cl. The van der Waals surface area contributed by atoms with Crippen LogP contribution >= 0.6 is 22.9 Å². The van der Waals surface area contributed by atoms with Crippen molar-refractivity contribution < 1.29 is 13.2 Å². The van der Waals surface area contributed by atoms with Crippen molar-refractivity contribution in [3.63, 3.8) is 0 Å². The Labute approximate surface area is 132 Å². The quantitative estimate of drug-likeness (QED) is 0.527. The van der Waals surface area contributed by atoms with E-state index in [1.165, 1.54) is 0 Å². The van der Waals surface area contributed by atoms with Crippen molar-refractivity contribution in [1.29, 1.82) is 0 Å². The summed E-state index contributed by atoms with van der Waals surface area (Å²) in [6.45, 7) is 4.05. The van der Waals surface area contributed by atoms with E-state index in [2.05, 4.69) is 0 Å². The number of benzene rings is 1. The van der Waals surface area contributed by atoms with Crippen LogP contribution < -0.4 is 0 Å². The third kappa shape index (κ3) is 4.13. The van der Waals surface area contributed by atoms with Crippen molar-refractivity contribution in [1.82, 2.24) is 0 Å². The minimum absolute atomic E-state index is 0. The topological polar surface area (TPSA) is 0 Å². The Kier molecular flexibility index (Phi) is 6.54. The van der Waals surface area contributed by atoms with E-state index >= 15 is 0 Å². The first kappa shape index (κ1) is 18.3. The summed E-state index contributed by atoms with van der Waals surface area (Å²) >= 11 is 0. The van der Waals surface area contributed by atoms with E-state index < -0.39 is 16.0 Å². The number of aryl methyl sites for hydroxylation is 2. The number of hydrogen-bond acceptors (Lipinski definition) is 0. The third-order valence-corrected chi connectivity index (χ3v) is 5.53. The van der Waals surface area contributed by atoms with Gasteiger partial charge in [0.2, 0.25) is 0 Å². The lowest BCUT2D eigenvalue weighted by Crippen LogP contribution is -1.98. The molecule has 0 fully saturated rings. The number of fused-ring (bicyclic) bond motifs is 1. The summed E-state index contributed by atoms with van der Waals surface area (Å²) < 4.78 is 40.7. The molecule has 2 aromatic rings. The number of hydrogen-bond donors (Lipinski definition) is 0. The van der Waals surface area contributed by atoms with E-state index in [0.29, 0.717) is 16.0 Å². The highest BCUT2D eigenvalue weighted by Gasteiger charge is 2.47. The Morgan fingerprint density at radius 3 is 2.29 bits per heavy atom. The molecule has 0 saturated heterocycles. The van der Waals surface area contributed by atoms with Crippen molar-refractivity contribution in [3.8, 4) is 0 Å². The maximum Gasteiger partial charge on any atom is 0.600 e. The molecule has 0 radical (unpaired) electrons. The molecular formula is C16H21ClF3S+. The maximum absolute atomic E-state index is 13.4. The first-order valence-corrected chi connectivity index (χ1v) is 8.34. The predicted molar refractivity (Wildman–Crippen MR) is 87.6 cm³/mol. The molecule has 0 spiro atoms. The van der Waals surface area contributed by atoms with Crippen LogP contribution in [-0.2, 0) is 18.3 Å². The van der Waals surface area contributed by atoms with Crippen LogP contribution in [0.15, 0.2) is 24.3 Å². The molecule has 1 aromatic heterocycles. The molecule has 0 bridgehead atoms. The van der Waals surface area contributed by atoms with Gasteiger partial charge >= 0.3 is 5.51 Å². The summed E-state index contributed by atoms with van der Waals surface area (Å²) in [7, 11) is -1.71. The lowest BCUT2D eigenvalue weighted by molar-refractivity contribution is -0.0867. The van der Waals surface area contributed by atoms with Gasteiger partial charge in [0, 0.05) is 23.9 Å². The number of halogens is 4. The summed E-state index contributed by atoms with van der Waals surface area (Å²) in [5, 5.41) is 0.761. The fourth-order valence-electron chi connectivity index (χ4n) is 2.49. The fourth-order valence-corrected chi connectivity index (χ4v) is 4.55. The van der Waals surface area contributed by atoms with Crippen LogP contribution in [0.2, 0.25) is 0 Å². The summed E-state index contributed by atoms with van der Waals surface area (Å²) in [5.41, 5.74) is -3.14. The second-order valence-corrected chi connectivity index (χ2v) is 7.13. The van der Waals surface area contributed by atoms with Crippen LogP contribution in [0.1, 0.15) is 43.6 Å². The van der Waals surface area contributed by atoms with Crippen molar-refractivity contribution in [2.24, 2.45) is 0 Å². The zero-order valence-corrected chi connectivity index (χ0v) is 13.9. The Hall–Kier alpha value is -0.740. The second-order valence-electron chi connectivity index (χ2n) is 5.09. The zero-order chi connectivity index (χ0) is 14.8. The first-order valence-electron chi connectivity index (χ1n) is 7.12. The molecule has 118 valence electrons. The number of rotatable bonds is 5. The Morgan fingerprint density at radius 2 is 1.71 bits per heavy atom. The molecular weight excluding hydrogens is 317 g/mol. The molecule has 1 atom stereocenters. The van der Waals surface area contributed by atoms with Crippen molar-refractivity contribution in [3.05, 3.63) is 34.7 Å². The van der Waals surface area contributed by atoms with Gasteiger partial charge in [0.25, 0.3) is 0 Å². The standard InChI is InChI=1S/C16H20F3S.ClH/c1-3-5-7-14-11-13-9-8-12(6-4-2)10-15(13)20(14)16(17,18)19;/h8-11H,3-7H2,1-2H3;1H/q+1;. The van der Waals surface area contributed by atoms with Gasteiger partial charge in [-0.05, 0) is 24.5 Å². The summed E-state index contributed by atoms with van der Waals surface area (Å²) in [4.78, 5) is 0.558. The van der Waals surface area contributed by atoms with E-state index in [1.54, 1.807) is 12.1 Å². The lowest BCUT2D eigenvalue weighted by atomic mass is 10.1. The molecule has 21 heavy (non-hydrogen) atoms. The van der Waals surface area contributed by atoms with Gasteiger partial charge in [-0.15, -0.1) is 25.6 Å². The van der Waals surface area contributed by atoms with E-state index in [0.717, 1.165) is 36.6 Å². The van der Waals surface area contributed by atoms with Crippen LogP contribution in [0.25, 0.3) is 10.1 Å². The normalized spacial score (nSPS) is 12.5. The van der Waals surface area contributed by atoms with E-state index in [9.17, 15) is 13.2 Å². The summed E-state index contributed by atoms with van der Waals surface area (Å²) in [6.07, 6.45) is 4.09. The first-order chi connectivity index (χ1) is 9.47. The van der Waals surface area contributed by atoms with Gasteiger partial charge in [-0.1, -0.05) is 32.8 Å². The minimum Gasteiger partial charge on any atom is -0.147 e. The highest BCUT2D eigenvalue weighted by molar-refractivity contribution is 7.38. The fraction of sp³-hybridized carbons (Fsp3) is 0.500. The molecule has 2 rings (SSSR count). The smallest absolute Gasteiger partial charge is 0.147 e. The van der Waals surface area contributed by atoms with E-state index in [4.69, 9.17) is 0 Å². The molecule has 1 unspecified atom stereocenters. The maximum atomic E-state index is 13.4. The number of alkyl halides is 3. The van der Waals surface area contributed by atoms with Crippen LogP contribution in [0.5, 0.6) is 0 Å². The van der Waals surface area contributed by atoms with Gasteiger partial charge < -0.3 is 0 Å². The van der Waals surface area contributed by atoms with Gasteiger partial charge in [-0.2, -0.15) is 0 Å². The molecule has 0 aliphatic rings. The van der Waals surface area contributed by atoms with Crippen LogP contribution in [0, 0.1) is 0 Å². The third-order valence-electron chi connectivity index (χ3n) is 3.42. The predicted octanol–water partition coefficient (Wildman–Crippen LogP) is 6.78. The molecule has 1 heterocycles. The van der Waals surface area contributed by atoms with Crippen LogP contribution in [0.3, 0.4) is 0 Å². The Morgan fingerprint density at radius 1 is 1.00 bits per heavy atom. The van der Waals surface area contributed by atoms with Gasteiger partial charge in [-0.25, -0.2) is 0 Å². The van der Waals surface area contributed by atoms with Crippen molar-refractivity contribution in [2.45, 2.75) is 51.5 Å². The Bertz CT molecular complexity index is 587. The summed E-state index contributed by atoms with van der Waals surface area (Å²) in [5.74, 6) is 0. The van der Waals surface area contributed by atoms with Gasteiger partial charge in [-0.3, -0.25) is 0 Å². The number of thiophene rings is 1. The second kappa shape index (κ2) is 7.50. The average molecular weight is 338 g/mol. The molecule has 0 saturated carbocycles. The van der Waals surface area contributed by atoms with Crippen molar-refractivity contribution in [2.75, 3.05) is 0 Å². The van der Waals surface area contributed by atoms with Crippen LogP contribution in [-0.4, -0.2) is 0 Å². The van der Waals surface area contributed by atoms with E-state index in [-0.39, 0.29) is 12.4 Å². The van der Waals surface area contributed by atoms with Crippen molar-refractivity contribution >= 4 is 33.0 Å². The summed E-state index contributed by atoms with van der Waals surface area (Å²) in [6, 6.07) is 7.34. The minimum atomic E-state index is -4.16. The highest BCUT2D eigenvalue weighted by atomic mass is 35.5. The lowest BCUT2D eigenvalue weighted by Gasteiger charge is -2.01. The molecule has 0 aliphatic carbocycles. The number of unbranched alkanes of at least 4 members (excludes halogenated alkanes) is 1. The average Bonchev–Trinajstić information content (AvgIpc) is 2.74. The molecule has 0 amide bonds. The molecule has 0 nitrogen and oxygen atoms in total. The van der Waals surface area contributed by atoms with E-state index in [1.807, 2.05) is 26.0 Å². The zero-order valence-electron chi connectivity index (χ0n) is 12.3. The highest BCUT2D eigenvalue weighted by Crippen LogP contribution is 2.51. The Balaban J connectivity index is 0.00000220. The molecule has 5 heteroatoms. The van der Waals surface area contributed by atoms with Gasteiger partial charge in [0.15, 0.2) is 9.58 Å². The molecule has 0 N–H and O–H groups in total. The monoisotopic (exact) mass is 337 g/mol. The molecule has 1 aromatic carbocycles. The molecule has 0 aliphatic heterocycles. The van der Waals surface area contributed by atoms with Gasteiger partial charge in [0.05, 0.1) is 10.5 Å².